The van der Waals surface area contributed by atoms with E-state index in [1.54, 1.807) is 23.9 Å². The van der Waals surface area contributed by atoms with Crippen molar-refractivity contribution in [2.75, 3.05) is 0 Å². The van der Waals surface area contributed by atoms with Crippen LogP contribution in [-0.4, -0.2) is 14.5 Å². The van der Waals surface area contributed by atoms with Crippen molar-refractivity contribution in [3.63, 3.8) is 0 Å². The van der Waals surface area contributed by atoms with Crippen LogP contribution in [0.25, 0.3) is 38.8 Å². The van der Waals surface area contributed by atoms with Gasteiger partial charge in [-0.3, -0.25) is 9.55 Å². The molecule has 5 rings (SSSR count). The first-order valence-corrected chi connectivity index (χ1v) is 8.79. The predicted molar refractivity (Wildman–Crippen MR) is 99.6 cm³/mol. The van der Waals surface area contributed by atoms with Crippen molar-refractivity contribution in [2.24, 2.45) is 0 Å². The largest absolute Gasteiger partial charge is 0.298 e. The van der Waals surface area contributed by atoms with Crippen molar-refractivity contribution >= 4 is 33.3 Å². The number of hydrogen-bond acceptors (Lipinski definition) is 3. The first-order valence-electron chi connectivity index (χ1n) is 7.84. The fourth-order valence-electron chi connectivity index (χ4n) is 3.14. The van der Waals surface area contributed by atoms with Gasteiger partial charge in [-0.05, 0) is 40.6 Å². The summed E-state index contributed by atoms with van der Waals surface area (Å²) < 4.78 is 16.6. The third-order valence-corrected chi connectivity index (χ3v) is 5.01. The fourth-order valence-corrected chi connectivity index (χ4v) is 3.79. The van der Waals surface area contributed by atoms with Gasteiger partial charge in [-0.2, -0.15) is 11.3 Å². The molecule has 0 unspecified atom stereocenters. The Balaban J connectivity index is 1.88. The van der Waals surface area contributed by atoms with Crippen LogP contribution in [0.2, 0.25) is 0 Å². The number of benzene rings is 2. The van der Waals surface area contributed by atoms with Crippen molar-refractivity contribution < 1.29 is 4.39 Å². The molecular weight excluding hydrogens is 333 g/mol. The van der Waals surface area contributed by atoms with Gasteiger partial charge in [0.2, 0.25) is 0 Å². The average molecular weight is 345 g/mol. The standard InChI is InChI=1S/C20H12FN3S/c21-17-9-18-16(8-15(17)13-6-7-25-11-13)20-19(10-22-18)23-12-24(20)14-4-2-1-3-5-14/h1-12H. The SMILES string of the molecule is Fc1cc2ncc3ncn(-c4ccccc4)c3c2cc1-c1ccsc1. The van der Waals surface area contributed by atoms with E-state index in [1.165, 1.54) is 6.07 Å². The molecule has 0 atom stereocenters. The van der Waals surface area contributed by atoms with Gasteiger partial charge in [-0.1, -0.05) is 18.2 Å². The second kappa shape index (κ2) is 5.50. The number of fused-ring (bicyclic) bond motifs is 3. The van der Waals surface area contributed by atoms with Gasteiger partial charge in [-0.15, -0.1) is 0 Å². The first kappa shape index (κ1) is 14.3. The third kappa shape index (κ3) is 2.24. The van der Waals surface area contributed by atoms with Crippen LogP contribution in [0.4, 0.5) is 4.39 Å². The highest BCUT2D eigenvalue weighted by molar-refractivity contribution is 7.08. The Labute approximate surface area is 147 Å². The fraction of sp³-hybridized carbons (Fsp3) is 0. The molecule has 2 aromatic carbocycles. The predicted octanol–water partition coefficient (Wildman–Crippen LogP) is 5.44. The van der Waals surface area contributed by atoms with E-state index >= 15 is 0 Å². The van der Waals surface area contributed by atoms with E-state index in [0.717, 1.165) is 27.7 Å². The molecule has 120 valence electrons. The van der Waals surface area contributed by atoms with E-state index in [1.807, 2.05) is 57.8 Å². The Bertz CT molecular complexity index is 1190. The van der Waals surface area contributed by atoms with Crippen LogP contribution in [0.15, 0.2) is 71.8 Å². The monoisotopic (exact) mass is 345 g/mol. The van der Waals surface area contributed by atoms with E-state index in [0.29, 0.717) is 11.1 Å². The lowest BCUT2D eigenvalue weighted by molar-refractivity contribution is 0.633. The van der Waals surface area contributed by atoms with Crippen LogP contribution in [0.5, 0.6) is 0 Å². The van der Waals surface area contributed by atoms with Crippen LogP contribution in [0.1, 0.15) is 0 Å². The second-order valence-corrected chi connectivity index (χ2v) is 6.58. The molecule has 3 heterocycles. The lowest BCUT2D eigenvalue weighted by Crippen LogP contribution is -1.94. The van der Waals surface area contributed by atoms with Gasteiger partial charge in [-0.25, -0.2) is 9.37 Å². The van der Waals surface area contributed by atoms with Crippen molar-refractivity contribution in [2.45, 2.75) is 0 Å². The van der Waals surface area contributed by atoms with E-state index in [9.17, 15) is 4.39 Å². The highest BCUT2D eigenvalue weighted by atomic mass is 32.1. The topological polar surface area (TPSA) is 30.7 Å². The lowest BCUT2D eigenvalue weighted by atomic mass is 10.0. The Morgan fingerprint density at radius 1 is 0.960 bits per heavy atom. The molecule has 0 amide bonds. The Hall–Kier alpha value is -3.05. The van der Waals surface area contributed by atoms with Gasteiger partial charge in [0, 0.05) is 22.7 Å². The third-order valence-electron chi connectivity index (χ3n) is 4.33. The molecule has 0 N–H and O–H groups in total. The van der Waals surface area contributed by atoms with E-state index in [2.05, 4.69) is 9.97 Å². The van der Waals surface area contributed by atoms with Crippen LogP contribution in [0, 0.1) is 5.82 Å². The maximum atomic E-state index is 14.6. The van der Waals surface area contributed by atoms with E-state index < -0.39 is 0 Å². The summed E-state index contributed by atoms with van der Waals surface area (Å²) in [5.41, 5.74) is 4.84. The molecule has 5 heteroatoms. The first-order chi connectivity index (χ1) is 12.3. The van der Waals surface area contributed by atoms with Crippen LogP contribution in [-0.2, 0) is 0 Å². The van der Waals surface area contributed by atoms with E-state index in [4.69, 9.17) is 0 Å². The Morgan fingerprint density at radius 2 is 1.84 bits per heavy atom. The summed E-state index contributed by atoms with van der Waals surface area (Å²) in [5, 5.41) is 4.79. The summed E-state index contributed by atoms with van der Waals surface area (Å²) >= 11 is 1.55. The molecule has 3 nitrogen and oxygen atoms in total. The minimum absolute atomic E-state index is 0.261. The van der Waals surface area contributed by atoms with Crippen LogP contribution >= 0.6 is 11.3 Å². The van der Waals surface area contributed by atoms with Crippen LogP contribution < -0.4 is 0 Å². The maximum Gasteiger partial charge on any atom is 0.133 e. The molecule has 0 radical (unpaired) electrons. The molecular formula is C20H12FN3S. The van der Waals surface area contributed by atoms with Crippen molar-refractivity contribution in [3.05, 3.63) is 77.6 Å². The maximum absolute atomic E-state index is 14.6. The average Bonchev–Trinajstić information content (AvgIpc) is 3.31. The summed E-state index contributed by atoms with van der Waals surface area (Å²) in [7, 11) is 0. The summed E-state index contributed by atoms with van der Waals surface area (Å²) in [6.07, 6.45) is 3.48. The minimum atomic E-state index is -0.261. The van der Waals surface area contributed by atoms with Gasteiger partial charge in [0.1, 0.15) is 17.7 Å². The van der Waals surface area contributed by atoms with Gasteiger partial charge in [0.25, 0.3) is 0 Å². The Kier molecular flexibility index (Phi) is 3.15. The summed E-state index contributed by atoms with van der Waals surface area (Å²) in [6.45, 7) is 0. The molecule has 0 spiro atoms. The quantitative estimate of drug-likeness (QED) is 0.426. The Morgan fingerprint density at radius 3 is 2.64 bits per heavy atom. The zero-order chi connectivity index (χ0) is 16.8. The summed E-state index contributed by atoms with van der Waals surface area (Å²) in [6, 6.07) is 15.3. The zero-order valence-corrected chi connectivity index (χ0v) is 13.9. The van der Waals surface area contributed by atoms with Crippen molar-refractivity contribution in [1.82, 2.24) is 14.5 Å². The number of nitrogens with zero attached hydrogens (tertiary/aromatic N) is 3. The van der Waals surface area contributed by atoms with Crippen LogP contribution in [0.3, 0.4) is 0 Å². The number of rotatable bonds is 2. The number of pyridine rings is 1. The molecule has 3 aromatic heterocycles. The molecule has 0 aliphatic heterocycles. The number of para-hydroxylation sites is 1. The van der Waals surface area contributed by atoms with Gasteiger partial charge in [0.15, 0.2) is 0 Å². The smallest absolute Gasteiger partial charge is 0.133 e. The summed E-state index contributed by atoms with van der Waals surface area (Å²) in [5.74, 6) is -0.261. The molecule has 0 fully saturated rings. The molecule has 25 heavy (non-hydrogen) atoms. The molecule has 0 saturated carbocycles. The number of halogens is 1. The van der Waals surface area contributed by atoms with Gasteiger partial charge >= 0.3 is 0 Å². The van der Waals surface area contributed by atoms with Gasteiger partial charge in [0.05, 0.1) is 17.2 Å². The molecule has 0 aliphatic carbocycles. The molecule has 0 saturated heterocycles. The van der Waals surface area contributed by atoms with Crippen molar-refractivity contribution in [1.29, 1.82) is 0 Å². The number of thiophene rings is 1. The lowest BCUT2D eigenvalue weighted by Gasteiger charge is -2.08. The second-order valence-electron chi connectivity index (χ2n) is 5.80. The molecule has 0 bridgehead atoms. The highest BCUT2D eigenvalue weighted by Crippen LogP contribution is 2.32. The van der Waals surface area contributed by atoms with Gasteiger partial charge < -0.3 is 0 Å². The normalized spacial score (nSPS) is 11.4. The molecule has 0 aliphatic rings. The zero-order valence-electron chi connectivity index (χ0n) is 13.1. The van der Waals surface area contributed by atoms with E-state index in [-0.39, 0.29) is 5.82 Å². The molecule has 5 aromatic rings. The summed E-state index contributed by atoms with van der Waals surface area (Å²) in [4.78, 5) is 8.86. The number of imidazole rings is 1. The minimum Gasteiger partial charge on any atom is -0.298 e. The number of aromatic nitrogens is 3. The highest BCUT2D eigenvalue weighted by Gasteiger charge is 2.14. The van der Waals surface area contributed by atoms with Crippen molar-refractivity contribution in [3.8, 4) is 16.8 Å². The number of hydrogen-bond donors (Lipinski definition) is 0.